The van der Waals surface area contributed by atoms with Gasteiger partial charge in [0.1, 0.15) is 9.88 Å². The lowest BCUT2D eigenvalue weighted by Crippen LogP contribution is -2.29. The van der Waals surface area contributed by atoms with Crippen molar-refractivity contribution in [1.29, 1.82) is 0 Å². The van der Waals surface area contributed by atoms with Crippen molar-refractivity contribution in [3.8, 4) is 0 Å². The zero-order valence-electron chi connectivity index (χ0n) is 12.4. The second-order valence-corrected chi connectivity index (χ2v) is 6.56. The van der Waals surface area contributed by atoms with Crippen molar-refractivity contribution in [1.82, 2.24) is 9.88 Å². The smallest absolute Gasteiger partial charge is 0.347 e. The molecule has 2 heterocycles. The predicted octanol–water partition coefficient (Wildman–Crippen LogP) is 3.73. The Morgan fingerprint density at radius 2 is 1.95 bits per heavy atom. The van der Waals surface area contributed by atoms with Crippen LogP contribution < -0.4 is 0 Å². The van der Waals surface area contributed by atoms with Gasteiger partial charge in [-0.1, -0.05) is 20.3 Å². The van der Waals surface area contributed by atoms with Crippen LogP contribution in [0.1, 0.15) is 72.2 Å². The number of aromatic carboxylic acids is 1. The van der Waals surface area contributed by atoms with E-state index in [4.69, 9.17) is 0 Å². The second kappa shape index (κ2) is 7.18. The maximum absolute atomic E-state index is 11.4. The van der Waals surface area contributed by atoms with Crippen LogP contribution in [0.15, 0.2) is 0 Å². The fourth-order valence-electron chi connectivity index (χ4n) is 2.86. The second-order valence-electron chi connectivity index (χ2n) is 5.48. The highest BCUT2D eigenvalue weighted by atomic mass is 32.1. The van der Waals surface area contributed by atoms with E-state index in [9.17, 15) is 9.90 Å². The van der Waals surface area contributed by atoms with Gasteiger partial charge in [-0.15, -0.1) is 11.3 Å². The molecule has 0 radical (unpaired) electrons. The lowest BCUT2D eigenvalue weighted by Gasteiger charge is -2.25. The summed E-state index contributed by atoms with van der Waals surface area (Å²) in [5.41, 5.74) is 0.805. The third-order valence-corrected chi connectivity index (χ3v) is 5.12. The topological polar surface area (TPSA) is 53.4 Å². The van der Waals surface area contributed by atoms with E-state index in [1.54, 1.807) is 0 Å². The van der Waals surface area contributed by atoms with Gasteiger partial charge in [0, 0.05) is 5.92 Å². The van der Waals surface area contributed by atoms with Crippen LogP contribution in [0.4, 0.5) is 0 Å². The molecule has 0 atom stereocenters. The molecule has 1 aliphatic rings. The van der Waals surface area contributed by atoms with E-state index >= 15 is 0 Å². The molecule has 1 N–H and O–H groups in total. The molecular weight excluding hydrogens is 272 g/mol. The Labute approximate surface area is 124 Å². The van der Waals surface area contributed by atoms with Crippen molar-refractivity contribution in [2.24, 2.45) is 0 Å². The van der Waals surface area contributed by atoms with Crippen molar-refractivity contribution in [2.45, 2.75) is 58.4 Å². The molecule has 20 heavy (non-hydrogen) atoms. The molecule has 0 unspecified atom stereocenters. The molecule has 1 saturated heterocycles. The quantitative estimate of drug-likeness (QED) is 0.869. The number of hydrogen-bond acceptors (Lipinski definition) is 4. The molecule has 1 aliphatic heterocycles. The van der Waals surface area contributed by atoms with Crippen LogP contribution in [0.2, 0.25) is 0 Å². The summed E-state index contributed by atoms with van der Waals surface area (Å²) in [6, 6.07) is 0. The zero-order chi connectivity index (χ0) is 14.5. The number of likely N-dealkylation sites (tertiary alicyclic amines) is 1. The van der Waals surface area contributed by atoms with E-state index in [1.165, 1.54) is 30.6 Å². The van der Waals surface area contributed by atoms with Crippen molar-refractivity contribution < 1.29 is 9.90 Å². The van der Waals surface area contributed by atoms with Gasteiger partial charge in [0.15, 0.2) is 0 Å². The first-order chi connectivity index (χ1) is 9.65. The zero-order valence-corrected chi connectivity index (χ0v) is 13.2. The van der Waals surface area contributed by atoms with Gasteiger partial charge in [-0.25, -0.2) is 9.78 Å². The number of carbonyl (C=O) groups is 1. The molecule has 1 aromatic heterocycles. The molecule has 1 fully saturated rings. The van der Waals surface area contributed by atoms with Gasteiger partial charge >= 0.3 is 5.97 Å². The SMILES string of the molecule is CCC(CC)c1nc(CN2CCCCC2)sc1C(=O)O. The molecule has 112 valence electrons. The van der Waals surface area contributed by atoms with Gasteiger partial charge in [-0.05, 0) is 38.8 Å². The fraction of sp³-hybridized carbons (Fsp3) is 0.733. The van der Waals surface area contributed by atoms with Crippen LogP contribution in [0.3, 0.4) is 0 Å². The lowest BCUT2D eigenvalue weighted by molar-refractivity contribution is 0.0700. The van der Waals surface area contributed by atoms with Gasteiger partial charge in [-0.3, -0.25) is 4.90 Å². The molecular formula is C15H24N2O2S. The summed E-state index contributed by atoms with van der Waals surface area (Å²) < 4.78 is 0. The fourth-order valence-corrected chi connectivity index (χ4v) is 3.89. The van der Waals surface area contributed by atoms with Crippen molar-refractivity contribution in [3.63, 3.8) is 0 Å². The standard InChI is InChI=1S/C15H24N2O2S/c1-3-11(4-2)13-14(15(18)19)20-12(16-13)10-17-8-6-5-7-9-17/h11H,3-10H2,1-2H3,(H,18,19). The Hall–Kier alpha value is -0.940. The first-order valence-corrected chi connectivity index (χ1v) is 8.42. The predicted molar refractivity (Wildman–Crippen MR) is 81.5 cm³/mol. The first-order valence-electron chi connectivity index (χ1n) is 7.60. The third kappa shape index (κ3) is 3.58. The minimum absolute atomic E-state index is 0.271. The number of nitrogens with zero attached hydrogens (tertiary/aromatic N) is 2. The van der Waals surface area contributed by atoms with Crippen molar-refractivity contribution in [3.05, 3.63) is 15.6 Å². The summed E-state index contributed by atoms with van der Waals surface area (Å²) in [6.07, 6.45) is 5.70. The molecule has 2 rings (SSSR count). The normalized spacial score (nSPS) is 16.8. The summed E-state index contributed by atoms with van der Waals surface area (Å²) >= 11 is 1.37. The molecule has 0 spiro atoms. The lowest BCUT2D eigenvalue weighted by atomic mass is 9.98. The molecule has 0 amide bonds. The first kappa shape index (κ1) is 15.4. The molecule has 1 aromatic rings. The van der Waals surface area contributed by atoms with Crippen LogP contribution in [0, 0.1) is 0 Å². The average Bonchev–Trinajstić information content (AvgIpc) is 2.85. The highest BCUT2D eigenvalue weighted by Gasteiger charge is 2.23. The highest BCUT2D eigenvalue weighted by Crippen LogP contribution is 2.30. The monoisotopic (exact) mass is 296 g/mol. The molecule has 0 saturated carbocycles. The number of thiazole rings is 1. The molecule has 0 aliphatic carbocycles. The van der Waals surface area contributed by atoms with Gasteiger partial charge in [0.2, 0.25) is 0 Å². The van der Waals surface area contributed by atoms with E-state index in [2.05, 4.69) is 23.7 Å². The van der Waals surface area contributed by atoms with Gasteiger partial charge in [0.05, 0.1) is 12.2 Å². The largest absolute Gasteiger partial charge is 0.477 e. The summed E-state index contributed by atoms with van der Waals surface area (Å²) in [5.74, 6) is -0.554. The Morgan fingerprint density at radius 1 is 1.30 bits per heavy atom. The number of rotatable bonds is 6. The molecule has 0 bridgehead atoms. The van der Waals surface area contributed by atoms with Crippen molar-refractivity contribution in [2.75, 3.05) is 13.1 Å². The highest BCUT2D eigenvalue weighted by molar-refractivity contribution is 7.13. The van der Waals surface area contributed by atoms with Crippen LogP contribution >= 0.6 is 11.3 Å². The van der Waals surface area contributed by atoms with E-state index < -0.39 is 5.97 Å². The number of carboxylic acids is 1. The Bertz CT molecular complexity index is 449. The molecule has 4 nitrogen and oxygen atoms in total. The minimum atomic E-state index is -0.825. The van der Waals surface area contributed by atoms with Crippen molar-refractivity contribution >= 4 is 17.3 Å². The van der Waals surface area contributed by atoms with Gasteiger partial charge < -0.3 is 5.11 Å². The number of hydrogen-bond donors (Lipinski definition) is 1. The maximum Gasteiger partial charge on any atom is 0.347 e. The summed E-state index contributed by atoms with van der Waals surface area (Å²) in [5, 5.41) is 10.3. The van der Waals surface area contributed by atoms with Crippen LogP contribution in [0.25, 0.3) is 0 Å². The van der Waals surface area contributed by atoms with Gasteiger partial charge in [-0.2, -0.15) is 0 Å². The summed E-state index contributed by atoms with van der Waals surface area (Å²) in [7, 11) is 0. The van der Waals surface area contributed by atoms with E-state index in [0.717, 1.165) is 43.2 Å². The summed E-state index contributed by atoms with van der Waals surface area (Å²) in [4.78, 5) is 18.9. The minimum Gasteiger partial charge on any atom is -0.477 e. The number of aromatic nitrogens is 1. The van der Waals surface area contributed by atoms with E-state index in [1.807, 2.05) is 0 Å². The van der Waals surface area contributed by atoms with Crippen LogP contribution in [-0.4, -0.2) is 34.0 Å². The molecule has 0 aromatic carbocycles. The Morgan fingerprint density at radius 3 is 2.50 bits per heavy atom. The Balaban J connectivity index is 2.17. The number of carboxylic acid groups (broad SMARTS) is 1. The Kier molecular flexibility index (Phi) is 5.54. The third-order valence-electron chi connectivity index (χ3n) is 4.07. The van der Waals surface area contributed by atoms with E-state index in [-0.39, 0.29) is 5.92 Å². The average molecular weight is 296 g/mol. The van der Waals surface area contributed by atoms with Gasteiger partial charge in [0.25, 0.3) is 0 Å². The van der Waals surface area contributed by atoms with Crippen LogP contribution in [0.5, 0.6) is 0 Å². The maximum atomic E-state index is 11.4. The summed E-state index contributed by atoms with van der Waals surface area (Å²) in [6.45, 7) is 7.24. The van der Waals surface area contributed by atoms with Crippen LogP contribution in [-0.2, 0) is 6.54 Å². The van der Waals surface area contributed by atoms with E-state index in [0.29, 0.717) is 4.88 Å². The molecule has 5 heteroatoms. The number of piperidine rings is 1.